The first-order valence-corrected chi connectivity index (χ1v) is 20.3. The smallest absolute Gasteiger partial charge is 0.399 e. The van der Waals surface area contributed by atoms with Gasteiger partial charge in [0.25, 0.3) is 0 Å². The molecule has 3 heteroatoms. The SMILES string of the molecule is CCCCCCCCCCCCc1ccc(-c2ccc(-c3c4ccccc4c(-c4ccc(B5OC(C)(C)C(C)(C)O5)cc4)c4ccccc34)cc2)cc1. The second kappa shape index (κ2) is 16.5. The molecule has 6 aromatic rings. The van der Waals surface area contributed by atoms with Crippen LogP contribution in [0.2, 0.25) is 0 Å². The summed E-state index contributed by atoms with van der Waals surface area (Å²) in [5.41, 5.74) is 9.26. The molecular formula is C50H57BO2. The molecule has 6 aromatic carbocycles. The van der Waals surface area contributed by atoms with Crippen molar-refractivity contribution in [2.75, 3.05) is 0 Å². The van der Waals surface area contributed by atoms with E-state index in [0.29, 0.717) is 0 Å². The molecule has 7 rings (SSSR count). The summed E-state index contributed by atoms with van der Waals surface area (Å²) < 4.78 is 12.7. The summed E-state index contributed by atoms with van der Waals surface area (Å²) in [7, 11) is -0.375. The van der Waals surface area contributed by atoms with Crippen molar-refractivity contribution < 1.29 is 9.31 Å². The van der Waals surface area contributed by atoms with Crippen molar-refractivity contribution in [3.63, 3.8) is 0 Å². The summed E-state index contributed by atoms with van der Waals surface area (Å²) in [5, 5.41) is 5.04. The lowest BCUT2D eigenvalue weighted by atomic mass is 9.78. The van der Waals surface area contributed by atoms with Gasteiger partial charge in [-0.15, -0.1) is 0 Å². The van der Waals surface area contributed by atoms with Crippen molar-refractivity contribution in [2.45, 2.75) is 116 Å². The summed E-state index contributed by atoms with van der Waals surface area (Å²) in [6.45, 7) is 10.7. The maximum atomic E-state index is 6.36. The number of fused-ring (bicyclic) bond motifs is 2. The minimum Gasteiger partial charge on any atom is -0.399 e. The molecule has 0 aliphatic carbocycles. The quantitative estimate of drug-likeness (QED) is 0.0603. The van der Waals surface area contributed by atoms with Crippen LogP contribution in [0.25, 0.3) is 54.9 Å². The van der Waals surface area contributed by atoms with Gasteiger partial charge in [-0.05, 0) is 106 Å². The van der Waals surface area contributed by atoms with Crippen molar-refractivity contribution >= 4 is 34.1 Å². The van der Waals surface area contributed by atoms with Gasteiger partial charge in [-0.1, -0.05) is 186 Å². The van der Waals surface area contributed by atoms with Crippen molar-refractivity contribution in [3.8, 4) is 33.4 Å². The molecule has 1 aliphatic rings. The van der Waals surface area contributed by atoms with Gasteiger partial charge in [0.05, 0.1) is 11.2 Å². The second-order valence-corrected chi connectivity index (χ2v) is 16.3. The van der Waals surface area contributed by atoms with E-state index in [0.717, 1.165) is 5.46 Å². The van der Waals surface area contributed by atoms with E-state index in [4.69, 9.17) is 9.31 Å². The highest BCUT2D eigenvalue weighted by atomic mass is 16.7. The van der Waals surface area contributed by atoms with Gasteiger partial charge in [-0.25, -0.2) is 0 Å². The molecule has 0 radical (unpaired) electrons. The molecule has 1 fully saturated rings. The molecule has 1 aliphatic heterocycles. The van der Waals surface area contributed by atoms with Gasteiger partial charge in [0.2, 0.25) is 0 Å². The minimum absolute atomic E-state index is 0.368. The van der Waals surface area contributed by atoms with E-state index in [9.17, 15) is 0 Å². The first-order chi connectivity index (χ1) is 25.8. The number of unbranched alkanes of at least 4 members (excludes halogenated alkanes) is 9. The van der Waals surface area contributed by atoms with Crippen LogP contribution in [0.4, 0.5) is 0 Å². The largest absolute Gasteiger partial charge is 0.494 e. The topological polar surface area (TPSA) is 18.5 Å². The Morgan fingerprint density at radius 3 is 1.21 bits per heavy atom. The molecule has 1 heterocycles. The van der Waals surface area contributed by atoms with Crippen molar-refractivity contribution in [1.82, 2.24) is 0 Å². The van der Waals surface area contributed by atoms with Gasteiger partial charge >= 0.3 is 7.12 Å². The third-order valence-corrected chi connectivity index (χ3v) is 11.9. The first kappa shape index (κ1) is 37.2. The molecule has 0 aromatic heterocycles. The van der Waals surface area contributed by atoms with E-state index in [-0.39, 0.29) is 18.3 Å². The minimum atomic E-state index is -0.375. The standard InChI is InChI=1S/C50H57BO2/c1-6-7-8-9-10-11-12-13-14-15-20-37-25-27-38(28-26-37)39-29-31-40(32-30-39)47-43-21-16-18-23-45(43)48(46-24-19-17-22-44(46)47)41-33-35-42(36-34-41)51-52-49(2,3)50(4,5)53-51/h16-19,21-36H,6-15,20H2,1-5H3. The Balaban J connectivity index is 1.08. The van der Waals surface area contributed by atoms with Crippen LogP contribution < -0.4 is 5.46 Å². The molecule has 0 N–H and O–H groups in total. The third-order valence-electron chi connectivity index (χ3n) is 11.9. The van der Waals surface area contributed by atoms with Crippen LogP contribution in [0.3, 0.4) is 0 Å². The third kappa shape index (κ3) is 8.18. The number of hydrogen-bond donors (Lipinski definition) is 0. The number of benzene rings is 6. The average molecular weight is 701 g/mol. The predicted molar refractivity (Wildman–Crippen MR) is 229 cm³/mol. The van der Waals surface area contributed by atoms with Crippen LogP contribution in [0.15, 0.2) is 121 Å². The lowest BCUT2D eigenvalue weighted by Crippen LogP contribution is -2.41. The monoisotopic (exact) mass is 700 g/mol. The first-order valence-electron chi connectivity index (χ1n) is 20.3. The molecular weight excluding hydrogens is 643 g/mol. The highest BCUT2D eigenvalue weighted by Crippen LogP contribution is 2.44. The Hall–Kier alpha value is -4.18. The predicted octanol–water partition coefficient (Wildman–Crippen LogP) is 13.8. The molecule has 0 atom stereocenters. The van der Waals surface area contributed by atoms with Crippen LogP contribution in [0.1, 0.15) is 104 Å². The second-order valence-electron chi connectivity index (χ2n) is 16.3. The number of rotatable bonds is 15. The van der Waals surface area contributed by atoms with Gasteiger partial charge in [0.15, 0.2) is 0 Å². The number of aryl methyl sites for hydroxylation is 1. The Morgan fingerprint density at radius 1 is 0.415 bits per heavy atom. The van der Waals surface area contributed by atoms with Crippen molar-refractivity contribution in [3.05, 3.63) is 127 Å². The summed E-state index contributed by atoms with van der Waals surface area (Å²) >= 11 is 0. The fourth-order valence-electron chi connectivity index (χ4n) is 8.05. The molecule has 0 bridgehead atoms. The highest BCUT2D eigenvalue weighted by Gasteiger charge is 2.51. The lowest BCUT2D eigenvalue weighted by molar-refractivity contribution is 0.00578. The van der Waals surface area contributed by atoms with Crippen LogP contribution in [-0.2, 0) is 15.7 Å². The lowest BCUT2D eigenvalue weighted by Gasteiger charge is -2.32. The van der Waals surface area contributed by atoms with Gasteiger partial charge in [-0.2, -0.15) is 0 Å². The molecule has 0 spiro atoms. The maximum Gasteiger partial charge on any atom is 0.494 e. The van der Waals surface area contributed by atoms with Crippen LogP contribution in [0, 0.1) is 0 Å². The summed E-state index contributed by atoms with van der Waals surface area (Å²) in [5.74, 6) is 0. The van der Waals surface area contributed by atoms with E-state index in [1.165, 1.54) is 131 Å². The summed E-state index contributed by atoms with van der Waals surface area (Å²) in [4.78, 5) is 0. The molecule has 53 heavy (non-hydrogen) atoms. The van der Waals surface area contributed by atoms with E-state index in [2.05, 4.69) is 156 Å². The fourth-order valence-corrected chi connectivity index (χ4v) is 8.05. The Morgan fingerprint density at radius 2 is 0.774 bits per heavy atom. The summed E-state index contributed by atoms with van der Waals surface area (Å²) in [6, 6.07) is 45.0. The van der Waals surface area contributed by atoms with Gasteiger partial charge in [0, 0.05) is 0 Å². The Kier molecular flexibility index (Phi) is 11.5. The molecule has 0 amide bonds. The van der Waals surface area contributed by atoms with Gasteiger partial charge in [0.1, 0.15) is 0 Å². The Bertz CT molecular complexity index is 2040. The van der Waals surface area contributed by atoms with E-state index in [1.54, 1.807) is 0 Å². The van der Waals surface area contributed by atoms with Crippen LogP contribution in [-0.4, -0.2) is 18.3 Å². The van der Waals surface area contributed by atoms with E-state index >= 15 is 0 Å². The molecule has 0 saturated carbocycles. The molecule has 1 saturated heterocycles. The zero-order valence-electron chi connectivity index (χ0n) is 32.7. The van der Waals surface area contributed by atoms with E-state index in [1.807, 2.05) is 0 Å². The molecule has 2 nitrogen and oxygen atoms in total. The zero-order valence-corrected chi connectivity index (χ0v) is 32.7. The van der Waals surface area contributed by atoms with Crippen LogP contribution >= 0.6 is 0 Å². The van der Waals surface area contributed by atoms with Crippen molar-refractivity contribution in [2.24, 2.45) is 0 Å². The average Bonchev–Trinajstić information content (AvgIpc) is 3.40. The maximum absolute atomic E-state index is 6.36. The van der Waals surface area contributed by atoms with Crippen molar-refractivity contribution in [1.29, 1.82) is 0 Å². The van der Waals surface area contributed by atoms with Crippen LogP contribution in [0.5, 0.6) is 0 Å². The Labute approximate surface area is 319 Å². The molecule has 0 unspecified atom stereocenters. The molecule has 272 valence electrons. The van der Waals surface area contributed by atoms with Gasteiger partial charge in [-0.3, -0.25) is 0 Å². The fraction of sp³-hybridized carbons (Fsp3) is 0.360. The van der Waals surface area contributed by atoms with Gasteiger partial charge < -0.3 is 9.31 Å². The zero-order chi connectivity index (χ0) is 36.8. The highest BCUT2D eigenvalue weighted by molar-refractivity contribution is 6.62. The normalized spacial score (nSPS) is 15.1. The summed E-state index contributed by atoms with van der Waals surface area (Å²) in [6.07, 6.45) is 15.0. The van der Waals surface area contributed by atoms with E-state index < -0.39 is 0 Å². The number of hydrogen-bond acceptors (Lipinski definition) is 2.